The molecule has 0 saturated carbocycles. The Morgan fingerprint density at radius 3 is 2.93 bits per heavy atom. The van der Waals surface area contributed by atoms with Crippen molar-refractivity contribution in [2.24, 2.45) is 5.92 Å². The van der Waals surface area contributed by atoms with Crippen LogP contribution in [0.3, 0.4) is 0 Å². The third-order valence-electron chi connectivity index (χ3n) is 2.10. The van der Waals surface area contributed by atoms with E-state index < -0.39 is 5.97 Å². The summed E-state index contributed by atoms with van der Waals surface area (Å²) in [7, 11) is 1.33. The summed E-state index contributed by atoms with van der Waals surface area (Å²) in [4.78, 5) is 11.1. The monoisotopic (exact) mass is 211 g/mol. The molecule has 0 fully saturated rings. The van der Waals surface area contributed by atoms with Crippen molar-refractivity contribution < 1.29 is 9.53 Å². The Labute approximate surface area is 89.4 Å². The van der Waals surface area contributed by atoms with Crippen LogP contribution >= 0.6 is 0 Å². The topological polar surface area (TPSA) is 57.0 Å². The first kappa shape index (κ1) is 11.7. The Hall–Kier alpha value is -1.39. The van der Waals surface area contributed by atoms with Crippen molar-refractivity contribution in [3.63, 3.8) is 0 Å². The van der Waals surface area contributed by atoms with Crippen molar-refractivity contribution in [3.05, 3.63) is 11.9 Å². The van der Waals surface area contributed by atoms with Crippen LogP contribution in [0.1, 0.15) is 37.2 Å². The van der Waals surface area contributed by atoms with Crippen LogP contribution in [-0.2, 0) is 11.3 Å². The molecule has 5 nitrogen and oxygen atoms in total. The van der Waals surface area contributed by atoms with E-state index in [1.807, 2.05) is 0 Å². The molecular weight excluding hydrogens is 194 g/mol. The number of hydrogen-bond acceptors (Lipinski definition) is 4. The highest BCUT2D eigenvalue weighted by atomic mass is 16.5. The molecule has 0 atom stereocenters. The quantitative estimate of drug-likeness (QED) is 0.692. The van der Waals surface area contributed by atoms with Gasteiger partial charge in [-0.05, 0) is 18.8 Å². The Bertz CT molecular complexity index is 320. The maximum absolute atomic E-state index is 11.1. The zero-order valence-corrected chi connectivity index (χ0v) is 9.43. The van der Waals surface area contributed by atoms with Gasteiger partial charge in [0, 0.05) is 6.54 Å². The number of hydrogen-bond donors (Lipinski definition) is 0. The van der Waals surface area contributed by atoms with Gasteiger partial charge in [-0.2, -0.15) is 0 Å². The van der Waals surface area contributed by atoms with E-state index >= 15 is 0 Å². The van der Waals surface area contributed by atoms with E-state index in [0.717, 1.165) is 19.4 Å². The predicted octanol–water partition coefficient (Wildman–Crippen LogP) is 1.50. The average Bonchev–Trinajstić information content (AvgIpc) is 2.65. The first-order valence-electron chi connectivity index (χ1n) is 5.12. The fourth-order valence-electron chi connectivity index (χ4n) is 1.27. The summed E-state index contributed by atoms with van der Waals surface area (Å²) >= 11 is 0. The van der Waals surface area contributed by atoms with Crippen molar-refractivity contribution in [2.75, 3.05) is 7.11 Å². The van der Waals surface area contributed by atoms with Gasteiger partial charge in [0.15, 0.2) is 5.69 Å². The Kier molecular flexibility index (Phi) is 4.27. The second kappa shape index (κ2) is 5.48. The molecule has 1 aromatic rings. The summed E-state index contributed by atoms with van der Waals surface area (Å²) < 4.78 is 6.21. The van der Waals surface area contributed by atoms with E-state index in [1.54, 1.807) is 10.9 Å². The van der Waals surface area contributed by atoms with Crippen molar-refractivity contribution in [3.8, 4) is 0 Å². The molecule has 1 heterocycles. The average molecular weight is 211 g/mol. The van der Waals surface area contributed by atoms with E-state index in [1.165, 1.54) is 7.11 Å². The smallest absolute Gasteiger partial charge is 0.360 e. The number of aromatic nitrogens is 3. The van der Waals surface area contributed by atoms with Crippen molar-refractivity contribution in [1.82, 2.24) is 15.0 Å². The normalized spacial score (nSPS) is 10.7. The molecule has 0 aromatic carbocycles. The molecule has 0 unspecified atom stereocenters. The summed E-state index contributed by atoms with van der Waals surface area (Å²) in [6, 6.07) is 0. The number of rotatable bonds is 5. The number of carbonyl (C=O) groups is 1. The van der Waals surface area contributed by atoms with Crippen LogP contribution in [0.15, 0.2) is 6.20 Å². The molecular formula is C10H17N3O2. The highest BCUT2D eigenvalue weighted by molar-refractivity contribution is 5.86. The predicted molar refractivity (Wildman–Crippen MR) is 55.4 cm³/mol. The van der Waals surface area contributed by atoms with E-state index in [9.17, 15) is 4.79 Å². The van der Waals surface area contributed by atoms with Gasteiger partial charge in [-0.25, -0.2) is 4.79 Å². The molecule has 1 rings (SSSR count). The molecule has 0 saturated heterocycles. The molecule has 0 radical (unpaired) electrons. The Morgan fingerprint density at radius 1 is 1.60 bits per heavy atom. The van der Waals surface area contributed by atoms with Crippen LogP contribution in [0.25, 0.3) is 0 Å². The molecule has 0 bridgehead atoms. The zero-order chi connectivity index (χ0) is 11.3. The summed E-state index contributed by atoms with van der Waals surface area (Å²) in [5.41, 5.74) is 0.266. The van der Waals surface area contributed by atoms with Gasteiger partial charge >= 0.3 is 5.97 Å². The largest absolute Gasteiger partial charge is 0.464 e. The number of aryl methyl sites for hydroxylation is 1. The summed E-state index contributed by atoms with van der Waals surface area (Å²) in [6.45, 7) is 5.16. The van der Waals surface area contributed by atoms with Gasteiger partial charge in [0.1, 0.15) is 0 Å². The molecule has 0 spiro atoms. The van der Waals surface area contributed by atoms with Crippen LogP contribution in [0, 0.1) is 5.92 Å². The van der Waals surface area contributed by atoms with Crippen LogP contribution in [0.4, 0.5) is 0 Å². The van der Waals surface area contributed by atoms with Crippen LogP contribution < -0.4 is 0 Å². The van der Waals surface area contributed by atoms with E-state index in [-0.39, 0.29) is 5.69 Å². The van der Waals surface area contributed by atoms with Gasteiger partial charge in [-0.3, -0.25) is 4.68 Å². The summed E-state index contributed by atoms with van der Waals surface area (Å²) in [6.07, 6.45) is 3.81. The van der Waals surface area contributed by atoms with E-state index in [4.69, 9.17) is 0 Å². The minimum atomic E-state index is -0.440. The lowest BCUT2D eigenvalue weighted by molar-refractivity contribution is 0.0594. The lowest BCUT2D eigenvalue weighted by atomic mass is 10.1. The number of ether oxygens (including phenoxy) is 1. The number of carbonyl (C=O) groups excluding carboxylic acids is 1. The third kappa shape index (κ3) is 3.69. The van der Waals surface area contributed by atoms with Gasteiger partial charge in [-0.15, -0.1) is 5.10 Å². The molecule has 15 heavy (non-hydrogen) atoms. The molecule has 0 N–H and O–H groups in total. The lowest BCUT2D eigenvalue weighted by Gasteiger charge is -2.03. The van der Waals surface area contributed by atoms with Crippen molar-refractivity contribution in [1.29, 1.82) is 0 Å². The molecule has 84 valence electrons. The second-order valence-corrected chi connectivity index (χ2v) is 3.89. The van der Waals surface area contributed by atoms with E-state index in [2.05, 4.69) is 28.9 Å². The van der Waals surface area contributed by atoms with Crippen LogP contribution in [0.2, 0.25) is 0 Å². The highest BCUT2D eigenvalue weighted by Gasteiger charge is 2.09. The molecule has 0 aliphatic heterocycles. The fraction of sp³-hybridized carbons (Fsp3) is 0.700. The molecule has 0 amide bonds. The summed E-state index contributed by atoms with van der Waals surface area (Å²) in [5.74, 6) is 0.249. The minimum absolute atomic E-state index is 0.266. The Morgan fingerprint density at radius 2 is 2.33 bits per heavy atom. The highest BCUT2D eigenvalue weighted by Crippen LogP contribution is 2.05. The molecule has 1 aromatic heterocycles. The standard InChI is InChI=1S/C10H17N3O2/c1-8(2)5-4-6-13-7-9(11-12-13)10(14)15-3/h7-8H,4-6H2,1-3H3. The third-order valence-corrected chi connectivity index (χ3v) is 2.10. The van der Waals surface area contributed by atoms with Gasteiger partial charge < -0.3 is 4.74 Å². The zero-order valence-electron chi connectivity index (χ0n) is 9.43. The Balaban J connectivity index is 2.43. The van der Waals surface area contributed by atoms with Crippen LogP contribution in [-0.4, -0.2) is 28.1 Å². The second-order valence-electron chi connectivity index (χ2n) is 3.89. The van der Waals surface area contributed by atoms with Gasteiger partial charge in [0.2, 0.25) is 0 Å². The molecule has 0 aliphatic carbocycles. The van der Waals surface area contributed by atoms with Gasteiger partial charge in [-0.1, -0.05) is 19.1 Å². The molecule has 0 aliphatic rings. The fourth-order valence-corrected chi connectivity index (χ4v) is 1.27. The minimum Gasteiger partial charge on any atom is -0.464 e. The first-order valence-corrected chi connectivity index (χ1v) is 5.12. The summed E-state index contributed by atoms with van der Waals surface area (Å²) in [5, 5.41) is 7.57. The SMILES string of the molecule is COC(=O)c1cn(CCCC(C)C)nn1. The van der Waals surface area contributed by atoms with Gasteiger partial charge in [0.05, 0.1) is 13.3 Å². The van der Waals surface area contributed by atoms with Crippen molar-refractivity contribution >= 4 is 5.97 Å². The van der Waals surface area contributed by atoms with Crippen molar-refractivity contribution in [2.45, 2.75) is 33.2 Å². The number of nitrogens with zero attached hydrogens (tertiary/aromatic N) is 3. The lowest BCUT2D eigenvalue weighted by Crippen LogP contribution is -2.02. The maximum atomic E-state index is 11.1. The molecule has 5 heteroatoms. The number of esters is 1. The van der Waals surface area contributed by atoms with Crippen LogP contribution in [0.5, 0.6) is 0 Å². The van der Waals surface area contributed by atoms with E-state index in [0.29, 0.717) is 5.92 Å². The van der Waals surface area contributed by atoms with Gasteiger partial charge in [0.25, 0.3) is 0 Å². The number of methoxy groups -OCH3 is 1. The first-order chi connectivity index (χ1) is 7.13. The maximum Gasteiger partial charge on any atom is 0.360 e.